The second-order valence-corrected chi connectivity index (χ2v) is 12.9. The zero-order chi connectivity index (χ0) is 30.5. The number of nitrogens with one attached hydrogen (secondary N) is 4. The molecule has 0 unspecified atom stereocenters. The molecule has 2 amide bonds. The Hall–Kier alpha value is -2.54. The topological polar surface area (TPSA) is 108 Å². The summed E-state index contributed by atoms with van der Waals surface area (Å²) in [4.78, 5) is 23.6. The fraction of sp³-hybridized carbons (Fsp3) is 0.517. The summed E-state index contributed by atoms with van der Waals surface area (Å²) in [6.45, 7) is 0. The van der Waals surface area contributed by atoms with Crippen LogP contribution in [0.5, 0.6) is 0 Å². The molecule has 3 fully saturated rings. The lowest BCUT2D eigenvalue weighted by molar-refractivity contribution is -0.122. The van der Waals surface area contributed by atoms with E-state index in [0.717, 1.165) is 14.6 Å². The van der Waals surface area contributed by atoms with E-state index < -0.39 is 17.9 Å². The Morgan fingerprint density at radius 1 is 0.786 bits per heavy atom. The molecule has 42 heavy (non-hydrogen) atoms. The van der Waals surface area contributed by atoms with Crippen molar-refractivity contribution >= 4 is 66.4 Å². The Morgan fingerprint density at radius 2 is 1.29 bits per heavy atom. The fourth-order valence-corrected chi connectivity index (χ4v) is 5.99. The summed E-state index contributed by atoms with van der Waals surface area (Å²) >= 11 is 6.70. The highest BCUT2D eigenvalue weighted by Gasteiger charge is 2.36. The van der Waals surface area contributed by atoms with Crippen LogP contribution in [0.15, 0.2) is 45.3 Å². The van der Waals surface area contributed by atoms with Gasteiger partial charge in [0.25, 0.3) is 0 Å². The van der Waals surface area contributed by atoms with Crippen molar-refractivity contribution < 1.29 is 27.2 Å². The minimum absolute atomic E-state index is 0.0406. The number of rotatable bonds is 6. The van der Waals surface area contributed by atoms with Crippen molar-refractivity contribution in [1.82, 2.24) is 5.32 Å². The zero-order valence-electron chi connectivity index (χ0n) is 22.9. The van der Waals surface area contributed by atoms with Gasteiger partial charge in [0.2, 0.25) is 23.7 Å². The van der Waals surface area contributed by atoms with Gasteiger partial charge in [0, 0.05) is 53.1 Å². The van der Waals surface area contributed by atoms with Gasteiger partial charge in [0.05, 0.1) is 22.7 Å². The average molecular weight is 721 g/mol. The lowest BCUT2D eigenvalue weighted by Gasteiger charge is -2.30. The van der Waals surface area contributed by atoms with Crippen LogP contribution in [0.3, 0.4) is 0 Å². The molecular weight excluding hydrogens is 686 g/mol. The quantitative estimate of drug-likeness (QED) is 0.156. The van der Waals surface area contributed by atoms with Crippen LogP contribution in [0, 0.1) is 0 Å². The Kier molecular flexibility index (Phi) is 10.7. The molecule has 3 aliphatic rings. The van der Waals surface area contributed by atoms with Gasteiger partial charge in [-0.2, -0.15) is 0 Å². The molecule has 1 saturated heterocycles. The van der Waals surface area contributed by atoms with E-state index in [1.807, 2.05) is 18.2 Å². The zero-order valence-corrected chi connectivity index (χ0v) is 26.1. The van der Waals surface area contributed by atoms with Crippen molar-refractivity contribution in [2.24, 2.45) is 0 Å². The predicted octanol–water partition coefficient (Wildman–Crippen LogP) is 7.68. The first kappa shape index (κ1) is 32.4. The normalized spacial score (nSPS) is 22.0. The number of halogens is 6. The fourth-order valence-electron chi connectivity index (χ4n) is 5.25. The molecule has 6 N–H and O–H groups in total. The standard InChI is InChI=1S/C17H20BrF2N3O2.C12H15BrF2N2/c18-10-1-2-12(21-11-5-7-17(19,20)8-6-11)14(9-10)23-16(25)13-3-4-15(24)22-13;13-8-1-2-11(10(16)7-8)17-9-3-5-12(14,15)6-4-9/h1-2,9,11,13,21H,3-8H2,(H,22,24)(H,23,25);1-2,7,9,17H,3-6,16H2/t13-;/m0./s1. The van der Waals surface area contributed by atoms with Crippen LogP contribution in [0.2, 0.25) is 0 Å². The van der Waals surface area contributed by atoms with Crippen molar-refractivity contribution in [1.29, 1.82) is 0 Å². The Labute approximate surface area is 259 Å². The number of anilines is 4. The largest absolute Gasteiger partial charge is 0.397 e. The SMILES string of the molecule is Nc1cc(Br)ccc1NC1CCC(F)(F)CC1.O=C1CC[C@@H](C(=O)Nc2cc(Br)ccc2NC2CCC(F)(F)CC2)N1. The molecule has 2 aromatic rings. The first-order valence-corrected chi connectivity index (χ1v) is 15.6. The van der Waals surface area contributed by atoms with E-state index in [0.29, 0.717) is 55.6 Å². The van der Waals surface area contributed by atoms with Crippen LogP contribution in [0.25, 0.3) is 0 Å². The molecule has 1 atom stereocenters. The van der Waals surface area contributed by atoms with Crippen LogP contribution in [0.1, 0.15) is 64.2 Å². The Morgan fingerprint density at radius 3 is 1.79 bits per heavy atom. The summed E-state index contributed by atoms with van der Waals surface area (Å²) in [5.41, 5.74) is 8.57. The summed E-state index contributed by atoms with van der Waals surface area (Å²) in [5, 5.41) is 12.0. The number of alkyl halides is 4. The van der Waals surface area contributed by atoms with Gasteiger partial charge < -0.3 is 27.0 Å². The summed E-state index contributed by atoms with van der Waals surface area (Å²) in [6.07, 6.45) is 2.22. The van der Waals surface area contributed by atoms with Crippen molar-refractivity contribution in [3.8, 4) is 0 Å². The first-order valence-electron chi connectivity index (χ1n) is 14.0. The molecule has 13 heteroatoms. The van der Waals surface area contributed by atoms with Gasteiger partial charge in [0.1, 0.15) is 6.04 Å². The van der Waals surface area contributed by atoms with Crippen molar-refractivity contribution in [2.45, 2.75) is 94.2 Å². The van der Waals surface area contributed by atoms with E-state index in [9.17, 15) is 27.2 Å². The van der Waals surface area contributed by atoms with Gasteiger partial charge in [-0.3, -0.25) is 9.59 Å². The second kappa shape index (κ2) is 13.8. The lowest BCUT2D eigenvalue weighted by atomic mass is 9.92. The van der Waals surface area contributed by atoms with E-state index in [1.54, 1.807) is 18.2 Å². The maximum atomic E-state index is 13.3. The molecule has 1 aliphatic heterocycles. The third-order valence-electron chi connectivity index (χ3n) is 7.72. The molecule has 0 radical (unpaired) electrons. The monoisotopic (exact) mass is 719 g/mol. The smallest absolute Gasteiger partial charge is 0.248 e. The highest BCUT2D eigenvalue weighted by atomic mass is 79.9. The van der Waals surface area contributed by atoms with E-state index >= 15 is 0 Å². The van der Waals surface area contributed by atoms with Crippen molar-refractivity contribution in [2.75, 3.05) is 21.7 Å². The predicted molar refractivity (Wildman–Crippen MR) is 164 cm³/mol. The molecule has 2 aromatic carbocycles. The molecule has 2 aliphatic carbocycles. The van der Waals surface area contributed by atoms with Crippen LogP contribution in [-0.4, -0.2) is 41.8 Å². The first-order chi connectivity index (χ1) is 19.8. The summed E-state index contributed by atoms with van der Waals surface area (Å²) in [7, 11) is 0. The van der Waals surface area contributed by atoms with Crippen LogP contribution >= 0.6 is 31.9 Å². The van der Waals surface area contributed by atoms with Gasteiger partial charge in [-0.05, 0) is 68.5 Å². The third-order valence-corrected chi connectivity index (χ3v) is 8.70. The van der Waals surface area contributed by atoms with Gasteiger partial charge in [-0.1, -0.05) is 31.9 Å². The highest BCUT2D eigenvalue weighted by Crippen LogP contribution is 2.37. The second-order valence-electron chi connectivity index (χ2n) is 11.1. The number of carbonyl (C=O) groups is 2. The van der Waals surface area contributed by atoms with Gasteiger partial charge >= 0.3 is 0 Å². The van der Waals surface area contributed by atoms with Gasteiger partial charge in [-0.25, -0.2) is 17.6 Å². The van der Waals surface area contributed by atoms with E-state index in [-0.39, 0.29) is 49.6 Å². The number of hydrogen-bond acceptors (Lipinski definition) is 5. The molecule has 1 heterocycles. The maximum Gasteiger partial charge on any atom is 0.248 e. The Bertz CT molecular complexity index is 1260. The van der Waals surface area contributed by atoms with Crippen LogP contribution in [0.4, 0.5) is 40.3 Å². The molecule has 2 saturated carbocycles. The maximum absolute atomic E-state index is 13.3. The molecule has 0 bridgehead atoms. The van der Waals surface area contributed by atoms with Crippen molar-refractivity contribution in [3.63, 3.8) is 0 Å². The number of nitrogens with two attached hydrogens (primary N) is 1. The molecular formula is C29H35Br2F4N5O2. The summed E-state index contributed by atoms with van der Waals surface area (Å²) in [6, 6.07) is 10.5. The average Bonchev–Trinajstić information content (AvgIpc) is 3.36. The molecule has 230 valence electrons. The molecule has 5 rings (SSSR count). The van der Waals surface area contributed by atoms with Crippen LogP contribution in [-0.2, 0) is 9.59 Å². The van der Waals surface area contributed by atoms with E-state index in [2.05, 4.69) is 53.1 Å². The highest BCUT2D eigenvalue weighted by molar-refractivity contribution is 9.10. The van der Waals surface area contributed by atoms with E-state index in [1.165, 1.54) is 0 Å². The van der Waals surface area contributed by atoms with Gasteiger partial charge in [0.15, 0.2) is 0 Å². The number of nitrogen functional groups attached to an aromatic ring is 1. The van der Waals surface area contributed by atoms with E-state index in [4.69, 9.17) is 5.73 Å². The molecule has 0 spiro atoms. The number of amides is 2. The Balaban J connectivity index is 0.000000208. The number of benzene rings is 2. The van der Waals surface area contributed by atoms with Crippen molar-refractivity contribution in [3.05, 3.63) is 45.3 Å². The summed E-state index contributed by atoms with van der Waals surface area (Å²) in [5.74, 6) is -5.46. The van der Waals surface area contributed by atoms with Crippen LogP contribution < -0.4 is 27.0 Å². The minimum Gasteiger partial charge on any atom is -0.397 e. The molecule has 7 nitrogen and oxygen atoms in total. The lowest BCUT2D eigenvalue weighted by Crippen LogP contribution is -2.37. The number of carbonyl (C=O) groups excluding carboxylic acids is 2. The number of hydrogen-bond donors (Lipinski definition) is 5. The molecule has 0 aromatic heterocycles. The third kappa shape index (κ3) is 9.48. The minimum atomic E-state index is -2.57. The van der Waals surface area contributed by atoms with Gasteiger partial charge in [-0.15, -0.1) is 0 Å². The summed E-state index contributed by atoms with van der Waals surface area (Å²) < 4.78 is 54.3.